The molecule has 37 heavy (non-hydrogen) atoms. The molecule has 0 aromatic heterocycles. The van der Waals surface area contributed by atoms with Crippen molar-refractivity contribution in [3.8, 4) is 0 Å². The Hall–Kier alpha value is -2.61. The standard InChI is InChI=1S/C25H28O9S3/c1-17(19-3-9-23(10-4-19)35(26,27)28)15-22(21-7-13-25(14-8-21)37(32,33)34)16-18(2)20-5-11-24(12-6-20)36(29,30)31/h3-14,17-18,22H,15-16H2,1-2H3,(H,26,27,28)(H,29,30,31)(H,32,33,34)/p-1. The molecule has 9 nitrogen and oxygen atoms in total. The molecule has 3 unspecified atom stereocenters. The average molecular weight is 568 g/mol. The maximum Gasteiger partial charge on any atom is 0.294 e. The fraction of sp³-hybridized carbons (Fsp3) is 0.280. The summed E-state index contributed by atoms with van der Waals surface area (Å²) in [6.45, 7) is 3.91. The van der Waals surface area contributed by atoms with E-state index in [1.807, 2.05) is 13.8 Å². The van der Waals surface area contributed by atoms with E-state index in [2.05, 4.69) is 0 Å². The Labute approximate surface area is 217 Å². The Kier molecular flexibility index (Phi) is 8.62. The fourth-order valence-corrected chi connectivity index (χ4v) is 5.77. The quantitative estimate of drug-likeness (QED) is 0.334. The lowest BCUT2D eigenvalue weighted by molar-refractivity contribution is 0.462. The van der Waals surface area contributed by atoms with E-state index in [-0.39, 0.29) is 32.4 Å². The van der Waals surface area contributed by atoms with Crippen molar-refractivity contribution in [1.82, 2.24) is 0 Å². The van der Waals surface area contributed by atoms with Crippen molar-refractivity contribution in [2.45, 2.75) is 59.1 Å². The molecule has 0 aliphatic rings. The summed E-state index contributed by atoms with van der Waals surface area (Å²) in [6.07, 6.45) is 1.18. The largest absolute Gasteiger partial charge is 0.744 e. The third-order valence-corrected chi connectivity index (χ3v) is 9.00. The average Bonchev–Trinajstić information content (AvgIpc) is 2.82. The second-order valence-electron chi connectivity index (χ2n) is 9.08. The predicted molar refractivity (Wildman–Crippen MR) is 136 cm³/mol. The third kappa shape index (κ3) is 7.69. The summed E-state index contributed by atoms with van der Waals surface area (Å²) >= 11 is 0. The van der Waals surface area contributed by atoms with Crippen LogP contribution in [-0.2, 0) is 30.4 Å². The van der Waals surface area contributed by atoms with Crippen LogP contribution in [-0.4, -0.2) is 38.9 Å². The number of hydrogen-bond acceptors (Lipinski definition) is 7. The minimum Gasteiger partial charge on any atom is -0.744 e. The maximum atomic E-state index is 11.5. The molecule has 3 aromatic rings. The highest BCUT2D eigenvalue weighted by Gasteiger charge is 2.22. The Bertz CT molecular complexity index is 1460. The first-order chi connectivity index (χ1) is 17.1. The van der Waals surface area contributed by atoms with Crippen LogP contribution in [0.4, 0.5) is 0 Å². The monoisotopic (exact) mass is 567 g/mol. The van der Waals surface area contributed by atoms with Crippen molar-refractivity contribution in [3.05, 3.63) is 89.5 Å². The van der Waals surface area contributed by atoms with E-state index < -0.39 is 30.4 Å². The summed E-state index contributed by atoms with van der Waals surface area (Å²) in [5.74, 6) is -0.227. The van der Waals surface area contributed by atoms with Gasteiger partial charge in [0.25, 0.3) is 20.2 Å². The van der Waals surface area contributed by atoms with Gasteiger partial charge in [0.05, 0.1) is 14.7 Å². The molecular weight excluding hydrogens is 540 g/mol. The van der Waals surface area contributed by atoms with Crippen molar-refractivity contribution < 1.29 is 38.9 Å². The predicted octanol–water partition coefficient (Wildman–Crippen LogP) is 4.56. The van der Waals surface area contributed by atoms with Gasteiger partial charge in [0, 0.05) is 0 Å². The molecule has 3 atom stereocenters. The number of hydrogen-bond donors (Lipinski definition) is 2. The van der Waals surface area contributed by atoms with Gasteiger partial charge in [0.2, 0.25) is 0 Å². The highest BCUT2D eigenvalue weighted by atomic mass is 32.2. The second-order valence-corrected chi connectivity index (χ2v) is 13.3. The van der Waals surface area contributed by atoms with Crippen LogP contribution in [0.25, 0.3) is 0 Å². The van der Waals surface area contributed by atoms with Crippen LogP contribution in [0.1, 0.15) is 61.1 Å². The highest BCUT2D eigenvalue weighted by Crippen LogP contribution is 2.37. The van der Waals surface area contributed by atoms with E-state index in [0.717, 1.165) is 16.7 Å². The van der Waals surface area contributed by atoms with Gasteiger partial charge in [-0.25, -0.2) is 8.42 Å². The summed E-state index contributed by atoms with van der Waals surface area (Å²) in [4.78, 5) is -0.757. The molecule has 0 heterocycles. The molecule has 12 heteroatoms. The smallest absolute Gasteiger partial charge is 0.294 e. The van der Waals surface area contributed by atoms with E-state index in [1.165, 1.54) is 36.4 Å². The van der Waals surface area contributed by atoms with E-state index in [9.17, 15) is 38.9 Å². The first-order valence-electron chi connectivity index (χ1n) is 11.3. The fourth-order valence-electron chi connectivity index (χ4n) is 4.34. The minimum absolute atomic E-state index is 0.0538. The molecule has 0 bridgehead atoms. The van der Waals surface area contributed by atoms with Gasteiger partial charge in [0.15, 0.2) is 0 Å². The van der Waals surface area contributed by atoms with E-state index in [1.54, 1.807) is 36.4 Å². The van der Waals surface area contributed by atoms with E-state index in [0.29, 0.717) is 12.8 Å². The molecule has 3 aromatic carbocycles. The Morgan fingerprint density at radius 2 is 0.865 bits per heavy atom. The summed E-state index contributed by atoms with van der Waals surface area (Å²) < 4.78 is 97.9. The molecule has 3 rings (SSSR count). The normalized spacial score (nSPS) is 15.2. The van der Waals surface area contributed by atoms with Gasteiger partial charge < -0.3 is 4.55 Å². The number of rotatable bonds is 10. The van der Waals surface area contributed by atoms with E-state index >= 15 is 0 Å². The molecular formula is C25H27O9S3-. The van der Waals surface area contributed by atoms with Gasteiger partial charge in [-0.1, -0.05) is 50.2 Å². The van der Waals surface area contributed by atoms with Gasteiger partial charge in [-0.05, 0) is 83.7 Å². The maximum absolute atomic E-state index is 11.5. The van der Waals surface area contributed by atoms with Crippen LogP contribution in [0.15, 0.2) is 87.5 Å². The first kappa shape index (κ1) is 29.0. The Morgan fingerprint density at radius 3 is 1.16 bits per heavy atom. The van der Waals surface area contributed by atoms with Crippen LogP contribution in [0, 0.1) is 0 Å². The molecule has 0 aliphatic carbocycles. The summed E-state index contributed by atoms with van der Waals surface area (Å²) in [5.41, 5.74) is 2.47. The molecule has 0 saturated heterocycles. The molecule has 0 amide bonds. The molecule has 0 fully saturated rings. The van der Waals surface area contributed by atoms with Crippen molar-refractivity contribution in [2.24, 2.45) is 0 Å². The molecule has 0 saturated carbocycles. The highest BCUT2D eigenvalue weighted by molar-refractivity contribution is 7.86. The summed E-state index contributed by atoms with van der Waals surface area (Å²) in [5, 5.41) is 0. The molecule has 2 N–H and O–H groups in total. The molecule has 200 valence electrons. The lowest BCUT2D eigenvalue weighted by Crippen LogP contribution is -2.10. The number of benzene rings is 3. The van der Waals surface area contributed by atoms with Crippen LogP contribution in [0.3, 0.4) is 0 Å². The zero-order valence-corrected chi connectivity index (χ0v) is 22.5. The van der Waals surface area contributed by atoms with Crippen molar-refractivity contribution >= 4 is 30.4 Å². The Morgan fingerprint density at radius 1 is 0.568 bits per heavy atom. The zero-order valence-electron chi connectivity index (χ0n) is 20.1. The topological polar surface area (TPSA) is 166 Å². The third-order valence-electron chi connectivity index (χ3n) is 6.41. The van der Waals surface area contributed by atoms with Crippen LogP contribution in [0.5, 0.6) is 0 Å². The van der Waals surface area contributed by atoms with Crippen LogP contribution >= 0.6 is 0 Å². The van der Waals surface area contributed by atoms with Crippen LogP contribution < -0.4 is 0 Å². The van der Waals surface area contributed by atoms with Crippen molar-refractivity contribution in [1.29, 1.82) is 0 Å². The first-order valence-corrected chi connectivity index (χ1v) is 15.6. The van der Waals surface area contributed by atoms with Crippen molar-refractivity contribution in [3.63, 3.8) is 0 Å². The van der Waals surface area contributed by atoms with E-state index in [4.69, 9.17) is 0 Å². The summed E-state index contributed by atoms with van der Waals surface area (Å²) in [6, 6.07) is 17.5. The van der Waals surface area contributed by atoms with Crippen molar-refractivity contribution in [2.75, 3.05) is 0 Å². The lowest BCUT2D eigenvalue weighted by atomic mass is 9.80. The van der Waals surface area contributed by atoms with Gasteiger partial charge >= 0.3 is 0 Å². The lowest BCUT2D eigenvalue weighted by Gasteiger charge is -2.25. The molecule has 0 aliphatic heterocycles. The van der Waals surface area contributed by atoms with Gasteiger partial charge in [0.1, 0.15) is 10.1 Å². The molecule has 0 spiro atoms. The van der Waals surface area contributed by atoms with Gasteiger partial charge in [-0.2, -0.15) is 16.8 Å². The zero-order chi connectivity index (χ0) is 27.6. The Balaban J connectivity index is 1.89. The minimum atomic E-state index is -4.56. The van der Waals surface area contributed by atoms with Gasteiger partial charge in [-0.3, -0.25) is 9.11 Å². The summed E-state index contributed by atoms with van der Waals surface area (Å²) in [7, 11) is -13.2. The SMILES string of the molecule is CC(CC(CC(C)c1ccc(S(=O)(=O)O)cc1)c1ccc(S(=O)(=O)O)cc1)c1ccc(S(=O)(=O)[O-])cc1. The van der Waals surface area contributed by atoms with Gasteiger partial charge in [-0.15, -0.1) is 0 Å². The molecule has 0 radical (unpaired) electrons. The van der Waals surface area contributed by atoms with Crippen LogP contribution in [0.2, 0.25) is 0 Å². The second kappa shape index (κ2) is 11.0.